The molecule has 1 aromatic heterocycles. The molecule has 0 aliphatic heterocycles. The van der Waals surface area contributed by atoms with Crippen molar-refractivity contribution in [2.45, 2.75) is 5.51 Å². The summed E-state index contributed by atoms with van der Waals surface area (Å²) in [5.74, 6) is -0.783. The molecule has 1 aromatic rings. The van der Waals surface area contributed by atoms with Gasteiger partial charge in [0.05, 0.1) is 0 Å². The number of anilines is 1. The summed E-state index contributed by atoms with van der Waals surface area (Å²) < 4.78 is 48.0. The predicted octanol–water partition coefficient (Wildman–Crippen LogP) is 2.89. The highest BCUT2D eigenvalue weighted by Gasteiger charge is 2.27. The van der Waals surface area contributed by atoms with Crippen LogP contribution in [0.3, 0.4) is 0 Å². The highest BCUT2D eigenvalue weighted by molar-refractivity contribution is 8.00. The maximum absolute atomic E-state index is 12.9. The molecule has 0 aliphatic carbocycles. The van der Waals surface area contributed by atoms with E-state index in [0.29, 0.717) is 0 Å². The van der Waals surface area contributed by atoms with Gasteiger partial charge in [-0.25, -0.2) is 9.37 Å². The van der Waals surface area contributed by atoms with Crippen LogP contribution in [-0.2, 0) is 0 Å². The lowest BCUT2D eigenvalue weighted by Crippen LogP contribution is -2.11. The molecular formula is C8H8F4N2S. The zero-order chi connectivity index (χ0) is 11.3. The fourth-order valence-electron chi connectivity index (χ4n) is 0.852. The van der Waals surface area contributed by atoms with Gasteiger partial charge in [0.1, 0.15) is 0 Å². The van der Waals surface area contributed by atoms with Crippen LogP contribution in [-0.4, -0.2) is 22.8 Å². The van der Waals surface area contributed by atoms with Crippen LogP contribution in [0.15, 0.2) is 18.3 Å². The summed E-state index contributed by atoms with van der Waals surface area (Å²) in [7, 11) is 0. The van der Waals surface area contributed by atoms with Gasteiger partial charge in [0.25, 0.3) is 0 Å². The second-order valence-corrected chi connectivity index (χ2v) is 3.71. The number of thioether (sulfide) groups is 1. The minimum absolute atomic E-state index is 0.0120. The van der Waals surface area contributed by atoms with E-state index in [1.165, 1.54) is 18.3 Å². The Balaban J connectivity index is 2.30. The van der Waals surface area contributed by atoms with Crippen LogP contribution in [0, 0.1) is 5.82 Å². The molecule has 0 fully saturated rings. The number of hydrogen-bond donors (Lipinski definition) is 1. The Labute approximate surface area is 88.1 Å². The van der Waals surface area contributed by atoms with Crippen LogP contribution in [0.25, 0.3) is 0 Å². The predicted molar refractivity (Wildman–Crippen MR) is 51.2 cm³/mol. The van der Waals surface area contributed by atoms with Gasteiger partial charge < -0.3 is 5.32 Å². The van der Waals surface area contributed by atoms with Gasteiger partial charge in [0.2, 0.25) is 0 Å². The maximum Gasteiger partial charge on any atom is 0.441 e. The van der Waals surface area contributed by atoms with E-state index in [-0.39, 0.29) is 29.9 Å². The van der Waals surface area contributed by atoms with E-state index < -0.39 is 11.3 Å². The summed E-state index contributed by atoms with van der Waals surface area (Å²) >= 11 is -0.154. The molecule has 0 aromatic carbocycles. The summed E-state index contributed by atoms with van der Waals surface area (Å²) in [6, 6.07) is 2.59. The number of pyridine rings is 1. The van der Waals surface area contributed by atoms with Crippen LogP contribution < -0.4 is 5.32 Å². The van der Waals surface area contributed by atoms with E-state index in [2.05, 4.69) is 10.3 Å². The highest BCUT2D eigenvalue weighted by Crippen LogP contribution is 2.29. The molecule has 2 nitrogen and oxygen atoms in total. The van der Waals surface area contributed by atoms with Crippen molar-refractivity contribution in [1.29, 1.82) is 0 Å². The zero-order valence-electron chi connectivity index (χ0n) is 7.51. The van der Waals surface area contributed by atoms with Gasteiger partial charge in [-0.2, -0.15) is 13.2 Å². The minimum atomic E-state index is -4.25. The Bertz CT molecular complexity index is 316. The molecule has 7 heteroatoms. The summed E-state index contributed by atoms with van der Waals surface area (Å²) in [6.45, 7) is 0.0120. The molecule has 0 atom stereocenters. The van der Waals surface area contributed by atoms with E-state index >= 15 is 0 Å². The normalized spacial score (nSPS) is 11.5. The van der Waals surface area contributed by atoms with Crippen LogP contribution >= 0.6 is 11.8 Å². The van der Waals surface area contributed by atoms with Crippen LogP contribution in [0.1, 0.15) is 0 Å². The highest BCUT2D eigenvalue weighted by atomic mass is 32.2. The monoisotopic (exact) mass is 240 g/mol. The first-order chi connectivity index (χ1) is 6.99. The molecule has 0 amide bonds. The van der Waals surface area contributed by atoms with E-state index in [0.717, 1.165) is 0 Å². The molecule has 0 saturated carbocycles. The summed E-state index contributed by atoms with van der Waals surface area (Å²) in [4.78, 5) is 3.64. The first-order valence-corrected chi connectivity index (χ1v) is 5.03. The SMILES string of the molecule is Fc1cccnc1NCCSC(F)(F)F. The molecule has 0 bridgehead atoms. The van der Waals surface area contributed by atoms with Gasteiger partial charge in [0, 0.05) is 18.5 Å². The third-order valence-corrected chi connectivity index (χ3v) is 2.15. The molecule has 1 heterocycles. The Hall–Kier alpha value is -0.980. The first kappa shape index (κ1) is 12.1. The number of alkyl halides is 3. The third-order valence-electron chi connectivity index (χ3n) is 1.42. The van der Waals surface area contributed by atoms with Gasteiger partial charge in [-0.05, 0) is 23.9 Å². The second-order valence-electron chi connectivity index (χ2n) is 2.55. The summed E-state index contributed by atoms with van der Waals surface area (Å²) in [5, 5.41) is 2.48. The number of hydrogen-bond acceptors (Lipinski definition) is 3. The fourth-order valence-corrected chi connectivity index (χ4v) is 1.29. The average Bonchev–Trinajstić information content (AvgIpc) is 2.13. The van der Waals surface area contributed by atoms with E-state index in [9.17, 15) is 17.6 Å². The number of halogens is 4. The van der Waals surface area contributed by atoms with Gasteiger partial charge in [-0.1, -0.05) is 0 Å². The van der Waals surface area contributed by atoms with Crippen molar-refractivity contribution in [1.82, 2.24) is 4.98 Å². The maximum atomic E-state index is 12.9. The molecule has 84 valence electrons. The van der Waals surface area contributed by atoms with Crippen molar-refractivity contribution < 1.29 is 17.6 Å². The van der Waals surface area contributed by atoms with Crippen molar-refractivity contribution in [3.8, 4) is 0 Å². The van der Waals surface area contributed by atoms with Gasteiger partial charge >= 0.3 is 5.51 Å². The standard InChI is InChI=1S/C8H8F4N2S/c9-6-2-1-3-13-7(6)14-4-5-15-8(10,11)12/h1-3H,4-5H2,(H,13,14). The smallest absolute Gasteiger partial charge is 0.367 e. The lowest BCUT2D eigenvalue weighted by molar-refractivity contribution is -0.0327. The quantitative estimate of drug-likeness (QED) is 0.647. The molecule has 0 radical (unpaired) electrons. The molecular weight excluding hydrogens is 232 g/mol. The van der Waals surface area contributed by atoms with Crippen LogP contribution in [0.2, 0.25) is 0 Å². The van der Waals surface area contributed by atoms with E-state index in [4.69, 9.17) is 0 Å². The van der Waals surface area contributed by atoms with E-state index in [1.807, 2.05) is 0 Å². The Kier molecular flexibility index (Phi) is 4.19. The number of aromatic nitrogens is 1. The second kappa shape index (κ2) is 5.20. The topological polar surface area (TPSA) is 24.9 Å². The third kappa shape index (κ3) is 4.87. The van der Waals surface area contributed by atoms with Crippen LogP contribution in [0.4, 0.5) is 23.4 Å². The Morgan fingerprint density at radius 1 is 1.40 bits per heavy atom. The van der Waals surface area contributed by atoms with Crippen molar-refractivity contribution in [3.63, 3.8) is 0 Å². The average molecular weight is 240 g/mol. The van der Waals surface area contributed by atoms with E-state index in [1.54, 1.807) is 0 Å². The Morgan fingerprint density at radius 2 is 2.13 bits per heavy atom. The molecule has 0 aliphatic rings. The van der Waals surface area contributed by atoms with Crippen molar-refractivity contribution in [2.75, 3.05) is 17.6 Å². The lowest BCUT2D eigenvalue weighted by Gasteiger charge is -2.07. The fraction of sp³-hybridized carbons (Fsp3) is 0.375. The molecule has 0 spiro atoms. The summed E-state index contributed by atoms with van der Waals surface area (Å²) in [6.07, 6.45) is 1.36. The largest absolute Gasteiger partial charge is 0.441 e. The van der Waals surface area contributed by atoms with Crippen molar-refractivity contribution >= 4 is 17.6 Å². The Morgan fingerprint density at radius 3 is 2.73 bits per heavy atom. The van der Waals surface area contributed by atoms with Crippen molar-refractivity contribution in [2.24, 2.45) is 0 Å². The van der Waals surface area contributed by atoms with Gasteiger partial charge in [0.15, 0.2) is 11.6 Å². The molecule has 0 unspecified atom stereocenters. The number of nitrogens with zero attached hydrogens (tertiary/aromatic N) is 1. The summed E-state index contributed by atoms with van der Waals surface area (Å²) in [5.41, 5.74) is -4.25. The molecule has 1 rings (SSSR count). The molecule has 15 heavy (non-hydrogen) atoms. The number of nitrogens with one attached hydrogen (secondary N) is 1. The van der Waals surface area contributed by atoms with Gasteiger partial charge in [-0.15, -0.1) is 0 Å². The first-order valence-electron chi connectivity index (χ1n) is 4.04. The van der Waals surface area contributed by atoms with Crippen molar-refractivity contribution in [3.05, 3.63) is 24.1 Å². The molecule has 0 saturated heterocycles. The van der Waals surface area contributed by atoms with Gasteiger partial charge in [-0.3, -0.25) is 0 Å². The zero-order valence-corrected chi connectivity index (χ0v) is 8.33. The van der Waals surface area contributed by atoms with Crippen LogP contribution in [0.5, 0.6) is 0 Å². The lowest BCUT2D eigenvalue weighted by atomic mass is 10.4. The minimum Gasteiger partial charge on any atom is -0.367 e. The molecule has 1 N–H and O–H groups in total. The number of rotatable bonds is 4.